The van der Waals surface area contributed by atoms with Gasteiger partial charge in [0.25, 0.3) is 0 Å². The number of thioether (sulfide) groups is 1. The average Bonchev–Trinajstić information content (AvgIpc) is 2.83. The summed E-state index contributed by atoms with van der Waals surface area (Å²) in [7, 11) is 0. The number of carbonyl (C=O) groups is 2. The number of hydrogen-bond acceptors (Lipinski definition) is 5. The normalized spacial score (nSPS) is 10.5. The molecular formula is C16H18N2O2S2. The maximum Gasteiger partial charge on any atom is 0.236 e. The number of carbonyl (C=O) groups excluding carboxylic acids is 2. The lowest BCUT2D eigenvalue weighted by Gasteiger charge is -2.08. The van der Waals surface area contributed by atoms with Crippen molar-refractivity contribution in [1.29, 1.82) is 0 Å². The standard InChI is InChI=1S/C16H18N2O2S2/c1-9-5-10(2)15(11(3)6-9)13-7-22-16(17-13)18-14(20)8-21-12(4)19/h5-7H,8H2,1-4H3,(H,17,18,20). The summed E-state index contributed by atoms with van der Waals surface area (Å²) < 4.78 is 0. The highest BCUT2D eigenvalue weighted by Crippen LogP contribution is 2.31. The van der Waals surface area contributed by atoms with Crippen LogP contribution in [0.3, 0.4) is 0 Å². The van der Waals surface area contributed by atoms with Gasteiger partial charge < -0.3 is 5.32 Å². The third-order valence-corrected chi connectivity index (χ3v) is 4.66. The van der Waals surface area contributed by atoms with Gasteiger partial charge in [-0.05, 0) is 31.9 Å². The molecule has 0 radical (unpaired) electrons. The van der Waals surface area contributed by atoms with Crippen LogP contribution in [0.2, 0.25) is 0 Å². The van der Waals surface area contributed by atoms with Crippen molar-refractivity contribution < 1.29 is 9.59 Å². The molecule has 0 atom stereocenters. The highest BCUT2D eigenvalue weighted by molar-refractivity contribution is 8.14. The van der Waals surface area contributed by atoms with E-state index >= 15 is 0 Å². The fourth-order valence-corrected chi connectivity index (χ4v) is 3.48. The molecule has 0 unspecified atom stereocenters. The summed E-state index contributed by atoms with van der Waals surface area (Å²) in [6, 6.07) is 4.26. The van der Waals surface area contributed by atoms with Gasteiger partial charge in [0.15, 0.2) is 10.2 Å². The van der Waals surface area contributed by atoms with Crippen LogP contribution in [0.1, 0.15) is 23.6 Å². The van der Waals surface area contributed by atoms with Crippen molar-refractivity contribution in [1.82, 2.24) is 4.98 Å². The van der Waals surface area contributed by atoms with Crippen LogP contribution in [0, 0.1) is 20.8 Å². The first-order valence-electron chi connectivity index (χ1n) is 6.84. The number of hydrogen-bond donors (Lipinski definition) is 1. The van der Waals surface area contributed by atoms with Crippen LogP contribution in [-0.2, 0) is 9.59 Å². The third-order valence-electron chi connectivity index (χ3n) is 3.09. The zero-order valence-corrected chi connectivity index (χ0v) is 14.7. The van der Waals surface area contributed by atoms with Gasteiger partial charge in [-0.1, -0.05) is 29.5 Å². The third kappa shape index (κ3) is 4.18. The minimum Gasteiger partial charge on any atom is -0.301 e. The van der Waals surface area contributed by atoms with Gasteiger partial charge in [-0.3, -0.25) is 9.59 Å². The maximum atomic E-state index is 11.7. The van der Waals surface area contributed by atoms with E-state index in [1.807, 2.05) is 5.38 Å². The molecule has 0 aliphatic carbocycles. The van der Waals surface area contributed by atoms with Gasteiger partial charge in [-0.2, -0.15) is 0 Å². The molecule has 0 bridgehead atoms. The number of amides is 1. The van der Waals surface area contributed by atoms with E-state index in [-0.39, 0.29) is 16.8 Å². The van der Waals surface area contributed by atoms with Crippen LogP contribution >= 0.6 is 23.1 Å². The predicted octanol–water partition coefficient (Wildman–Crippen LogP) is 3.95. The van der Waals surface area contributed by atoms with E-state index in [0.29, 0.717) is 5.13 Å². The SMILES string of the molecule is CC(=O)SCC(=O)Nc1nc(-c2c(C)cc(C)cc2C)cs1. The summed E-state index contributed by atoms with van der Waals surface area (Å²) >= 11 is 2.39. The molecule has 22 heavy (non-hydrogen) atoms. The molecule has 0 aliphatic heterocycles. The molecule has 1 heterocycles. The van der Waals surface area contributed by atoms with Gasteiger partial charge in [0.2, 0.25) is 5.91 Å². The van der Waals surface area contributed by atoms with Crippen molar-refractivity contribution >= 4 is 39.3 Å². The molecule has 1 N–H and O–H groups in total. The van der Waals surface area contributed by atoms with Crippen molar-refractivity contribution in [2.75, 3.05) is 11.1 Å². The molecule has 1 amide bonds. The van der Waals surface area contributed by atoms with Gasteiger partial charge in [0.1, 0.15) is 0 Å². The molecule has 0 spiro atoms. The Kier molecular flexibility index (Phi) is 5.37. The molecule has 2 rings (SSSR count). The molecule has 6 heteroatoms. The molecule has 4 nitrogen and oxygen atoms in total. The number of benzene rings is 1. The highest BCUT2D eigenvalue weighted by Gasteiger charge is 2.12. The molecule has 0 saturated carbocycles. The molecule has 0 aliphatic rings. The van der Waals surface area contributed by atoms with E-state index in [0.717, 1.165) is 23.0 Å². The van der Waals surface area contributed by atoms with Crippen molar-refractivity contribution in [2.45, 2.75) is 27.7 Å². The number of nitrogens with one attached hydrogen (secondary N) is 1. The molecule has 1 aromatic heterocycles. The zero-order chi connectivity index (χ0) is 16.3. The number of thiazole rings is 1. The summed E-state index contributed by atoms with van der Waals surface area (Å²) in [4.78, 5) is 27.1. The van der Waals surface area contributed by atoms with E-state index < -0.39 is 0 Å². The Morgan fingerprint density at radius 1 is 1.23 bits per heavy atom. The van der Waals surface area contributed by atoms with Crippen LogP contribution in [0.5, 0.6) is 0 Å². The van der Waals surface area contributed by atoms with Gasteiger partial charge in [-0.25, -0.2) is 4.98 Å². The Hall–Kier alpha value is -1.66. The lowest BCUT2D eigenvalue weighted by atomic mass is 9.98. The van der Waals surface area contributed by atoms with Crippen molar-refractivity contribution in [3.05, 3.63) is 34.2 Å². The van der Waals surface area contributed by atoms with Crippen LogP contribution in [0.4, 0.5) is 5.13 Å². The molecular weight excluding hydrogens is 316 g/mol. The average molecular weight is 334 g/mol. The fourth-order valence-electron chi connectivity index (χ4n) is 2.35. The van der Waals surface area contributed by atoms with Crippen LogP contribution in [0.25, 0.3) is 11.3 Å². The van der Waals surface area contributed by atoms with Crippen molar-refractivity contribution in [3.8, 4) is 11.3 Å². The molecule has 0 fully saturated rings. The molecule has 1 aromatic carbocycles. The summed E-state index contributed by atoms with van der Waals surface area (Å²) in [6.07, 6.45) is 0. The van der Waals surface area contributed by atoms with Crippen LogP contribution < -0.4 is 5.32 Å². The topological polar surface area (TPSA) is 59.1 Å². The first-order chi connectivity index (χ1) is 10.4. The smallest absolute Gasteiger partial charge is 0.236 e. The van der Waals surface area contributed by atoms with E-state index in [1.54, 1.807) is 0 Å². The van der Waals surface area contributed by atoms with Gasteiger partial charge in [0.05, 0.1) is 11.4 Å². The van der Waals surface area contributed by atoms with Gasteiger partial charge in [-0.15, -0.1) is 11.3 Å². The second-order valence-corrected chi connectivity index (χ2v) is 7.15. The first-order valence-corrected chi connectivity index (χ1v) is 8.70. The monoisotopic (exact) mass is 334 g/mol. The first kappa shape index (κ1) is 16.7. The summed E-state index contributed by atoms with van der Waals surface area (Å²) in [5.74, 6) is -0.0919. The van der Waals surface area contributed by atoms with E-state index in [4.69, 9.17) is 0 Å². The van der Waals surface area contributed by atoms with E-state index in [1.165, 1.54) is 35.0 Å². The van der Waals surface area contributed by atoms with Gasteiger partial charge in [0, 0.05) is 17.9 Å². The number of rotatable bonds is 4. The second-order valence-electron chi connectivity index (χ2n) is 5.14. The summed E-state index contributed by atoms with van der Waals surface area (Å²) in [5, 5.41) is 5.17. The number of nitrogens with zero attached hydrogens (tertiary/aromatic N) is 1. The van der Waals surface area contributed by atoms with Gasteiger partial charge >= 0.3 is 0 Å². The Morgan fingerprint density at radius 3 is 2.45 bits per heavy atom. The largest absolute Gasteiger partial charge is 0.301 e. The van der Waals surface area contributed by atoms with Crippen LogP contribution in [0.15, 0.2) is 17.5 Å². The minimum atomic E-state index is -0.210. The Balaban J connectivity index is 2.15. The Bertz CT molecular complexity index is 700. The Labute approximate surface area is 138 Å². The van der Waals surface area contributed by atoms with Crippen LogP contribution in [-0.4, -0.2) is 21.8 Å². The number of aromatic nitrogens is 1. The van der Waals surface area contributed by atoms with E-state index in [2.05, 4.69) is 43.2 Å². The summed E-state index contributed by atoms with van der Waals surface area (Å²) in [6.45, 7) is 7.65. The van der Waals surface area contributed by atoms with E-state index in [9.17, 15) is 9.59 Å². The number of aryl methyl sites for hydroxylation is 3. The minimum absolute atomic E-state index is 0.0686. The predicted molar refractivity (Wildman–Crippen MR) is 93.5 cm³/mol. The number of anilines is 1. The molecule has 0 saturated heterocycles. The maximum absolute atomic E-state index is 11.7. The lowest BCUT2D eigenvalue weighted by molar-refractivity contribution is -0.114. The zero-order valence-electron chi connectivity index (χ0n) is 13.0. The molecule has 2 aromatic rings. The molecule has 116 valence electrons. The van der Waals surface area contributed by atoms with Crippen molar-refractivity contribution in [3.63, 3.8) is 0 Å². The second kappa shape index (κ2) is 7.07. The summed E-state index contributed by atoms with van der Waals surface area (Å²) in [5.41, 5.74) is 5.55. The Morgan fingerprint density at radius 2 is 1.86 bits per heavy atom. The van der Waals surface area contributed by atoms with Crippen molar-refractivity contribution in [2.24, 2.45) is 0 Å². The lowest BCUT2D eigenvalue weighted by Crippen LogP contribution is -2.14. The highest BCUT2D eigenvalue weighted by atomic mass is 32.2. The quantitative estimate of drug-likeness (QED) is 0.919. The fraction of sp³-hybridized carbons (Fsp3) is 0.312.